The minimum Gasteiger partial charge on any atom is -0.460 e. The van der Waals surface area contributed by atoms with Gasteiger partial charge in [-0.25, -0.2) is 4.79 Å². The Bertz CT molecular complexity index is 228. The van der Waals surface area contributed by atoms with Gasteiger partial charge in [-0.2, -0.15) is 13.2 Å². The zero-order valence-corrected chi connectivity index (χ0v) is 10.1. The molecule has 0 aromatic heterocycles. The quantitative estimate of drug-likeness (QED) is 0.562. The van der Waals surface area contributed by atoms with E-state index in [0.717, 1.165) is 19.3 Å². The fourth-order valence-electron chi connectivity index (χ4n) is 1.33. The van der Waals surface area contributed by atoms with Crippen LogP contribution in [0.3, 0.4) is 0 Å². The van der Waals surface area contributed by atoms with Gasteiger partial charge in [-0.1, -0.05) is 26.7 Å². The second kappa shape index (κ2) is 7.53. The molecule has 0 aliphatic carbocycles. The average Bonchev–Trinajstić information content (AvgIpc) is 2.25. The SMILES string of the molecule is CCCCCC(CC)OC(=O)[C@H](O)C(F)(F)F. The van der Waals surface area contributed by atoms with Crippen molar-refractivity contribution in [1.29, 1.82) is 0 Å². The molecule has 0 saturated carbocycles. The summed E-state index contributed by atoms with van der Waals surface area (Å²) in [6.07, 6.45) is -4.86. The van der Waals surface area contributed by atoms with Crippen molar-refractivity contribution in [2.75, 3.05) is 0 Å². The van der Waals surface area contributed by atoms with Crippen molar-refractivity contribution in [3.63, 3.8) is 0 Å². The van der Waals surface area contributed by atoms with Crippen molar-refractivity contribution in [3.05, 3.63) is 0 Å². The molecule has 0 fully saturated rings. The first-order chi connectivity index (χ1) is 7.82. The Morgan fingerprint density at radius 1 is 1.29 bits per heavy atom. The topological polar surface area (TPSA) is 46.5 Å². The molecule has 102 valence electrons. The number of hydrogen-bond donors (Lipinski definition) is 1. The number of aliphatic hydroxyl groups is 1. The van der Waals surface area contributed by atoms with Gasteiger partial charge < -0.3 is 9.84 Å². The lowest BCUT2D eigenvalue weighted by Gasteiger charge is -2.19. The summed E-state index contributed by atoms with van der Waals surface area (Å²) in [6.45, 7) is 3.73. The second-order valence-electron chi connectivity index (χ2n) is 3.91. The van der Waals surface area contributed by atoms with Gasteiger partial charge in [0, 0.05) is 0 Å². The molecule has 0 aromatic rings. The molecule has 0 radical (unpaired) electrons. The normalized spacial score (nSPS) is 15.4. The molecule has 0 saturated heterocycles. The van der Waals surface area contributed by atoms with Crippen LogP contribution in [0.5, 0.6) is 0 Å². The van der Waals surface area contributed by atoms with Crippen LogP contribution < -0.4 is 0 Å². The fourth-order valence-corrected chi connectivity index (χ4v) is 1.33. The van der Waals surface area contributed by atoms with E-state index in [-0.39, 0.29) is 0 Å². The van der Waals surface area contributed by atoms with Crippen molar-refractivity contribution in [2.24, 2.45) is 0 Å². The summed E-state index contributed by atoms with van der Waals surface area (Å²) >= 11 is 0. The highest BCUT2D eigenvalue weighted by Crippen LogP contribution is 2.22. The predicted octanol–water partition coefficient (Wildman–Crippen LogP) is 2.81. The van der Waals surface area contributed by atoms with Gasteiger partial charge in [-0.05, 0) is 19.3 Å². The van der Waals surface area contributed by atoms with E-state index in [2.05, 4.69) is 4.74 Å². The summed E-state index contributed by atoms with van der Waals surface area (Å²) in [5.74, 6) is -1.61. The highest BCUT2D eigenvalue weighted by Gasteiger charge is 2.45. The first-order valence-electron chi connectivity index (χ1n) is 5.78. The van der Waals surface area contributed by atoms with E-state index >= 15 is 0 Å². The summed E-state index contributed by atoms with van der Waals surface area (Å²) in [6, 6.07) is 0. The number of unbranched alkanes of at least 4 members (excludes halogenated alkanes) is 2. The first kappa shape index (κ1) is 16.2. The van der Waals surface area contributed by atoms with Gasteiger partial charge in [-0.15, -0.1) is 0 Å². The van der Waals surface area contributed by atoms with Gasteiger partial charge in [0.1, 0.15) is 6.10 Å². The third-order valence-corrected chi connectivity index (χ3v) is 2.40. The number of ether oxygens (including phenoxy) is 1. The van der Waals surface area contributed by atoms with Gasteiger partial charge in [-0.3, -0.25) is 0 Å². The number of rotatable bonds is 7. The van der Waals surface area contributed by atoms with E-state index in [1.807, 2.05) is 6.92 Å². The minimum atomic E-state index is -4.96. The minimum absolute atomic E-state index is 0.444. The number of halogens is 3. The third kappa shape index (κ3) is 6.51. The maximum Gasteiger partial charge on any atom is 0.425 e. The van der Waals surface area contributed by atoms with Crippen LogP contribution in [0, 0.1) is 0 Å². The van der Waals surface area contributed by atoms with E-state index in [4.69, 9.17) is 5.11 Å². The van der Waals surface area contributed by atoms with E-state index < -0.39 is 24.4 Å². The highest BCUT2D eigenvalue weighted by atomic mass is 19.4. The molecule has 3 nitrogen and oxygen atoms in total. The van der Waals surface area contributed by atoms with Crippen molar-refractivity contribution >= 4 is 5.97 Å². The predicted molar refractivity (Wildman–Crippen MR) is 56.4 cm³/mol. The van der Waals surface area contributed by atoms with E-state index in [9.17, 15) is 18.0 Å². The molecule has 0 aromatic carbocycles. The zero-order valence-electron chi connectivity index (χ0n) is 10.1. The molecule has 1 N–H and O–H groups in total. The van der Waals surface area contributed by atoms with Crippen LogP contribution in [0.1, 0.15) is 46.0 Å². The number of hydrogen-bond acceptors (Lipinski definition) is 3. The van der Waals surface area contributed by atoms with Crippen molar-refractivity contribution in [1.82, 2.24) is 0 Å². The largest absolute Gasteiger partial charge is 0.460 e. The molecular weight excluding hydrogens is 237 g/mol. The molecule has 0 rings (SSSR count). The number of esters is 1. The van der Waals surface area contributed by atoms with Crippen LogP contribution in [-0.4, -0.2) is 29.5 Å². The summed E-state index contributed by atoms with van der Waals surface area (Å²) in [4.78, 5) is 11.0. The van der Waals surface area contributed by atoms with Crippen LogP contribution >= 0.6 is 0 Å². The van der Waals surface area contributed by atoms with Crippen molar-refractivity contribution in [2.45, 2.75) is 64.3 Å². The molecule has 0 amide bonds. The molecular formula is C11H19F3O3. The summed E-state index contributed by atoms with van der Waals surface area (Å²) in [5.41, 5.74) is 0. The number of aliphatic hydroxyl groups excluding tert-OH is 1. The molecule has 0 aliphatic heterocycles. The Morgan fingerprint density at radius 3 is 2.29 bits per heavy atom. The van der Waals surface area contributed by atoms with Gasteiger partial charge in [0.2, 0.25) is 6.10 Å². The second-order valence-corrected chi connectivity index (χ2v) is 3.91. The Kier molecular flexibility index (Phi) is 7.18. The molecule has 0 spiro atoms. The Hall–Kier alpha value is -0.780. The van der Waals surface area contributed by atoms with E-state index in [1.165, 1.54) is 0 Å². The van der Waals surface area contributed by atoms with Crippen LogP contribution in [0.2, 0.25) is 0 Å². The van der Waals surface area contributed by atoms with Gasteiger partial charge >= 0.3 is 12.1 Å². The summed E-state index contributed by atoms with van der Waals surface area (Å²) in [5, 5.41) is 8.67. The lowest BCUT2D eigenvalue weighted by molar-refractivity contribution is -0.220. The lowest BCUT2D eigenvalue weighted by Crippen LogP contribution is -2.39. The molecule has 0 heterocycles. The van der Waals surface area contributed by atoms with Crippen LogP contribution in [0.25, 0.3) is 0 Å². The molecule has 0 aliphatic rings. The number of carbonyl (C=O) groups excluding carboxylic acids is 1. The summed E-state index contributed by atoms with van der Waals surface area (Å²) < 4.78 is 40.7. The molecule has 0 bridgehead atoms. The number of alkyl halides is 3. The first-order valence-corrected chi connectivity index (χ1v) is 5.78. The average molecular weight is 256 g/mol. The Balaban J connectivity index is 4.14. The van der Waals surface area contributed by atoms with Gasteiger partial charge in [0.25, 0.3) is 0 Å². The van der Waals surface area contributed by atoms with E-state index in [0.29, 0.717) is 12.8 Å². The van der Waals surface area contributed by atoms with E-state index in [1.54, 1.807) is 6.92 Å². The van der Waals surface area contributed by atoms with Gasteiger partial charge in [0.05, 0.1) is 0 Å². The third-order valence-electron chi connectivity index (χ3n) is 2.40. The maximum atomic E-state index is 12.0. The van der Waals surface area contributed by atoms with Crippen molar-refractivity contribution < 1.29 is 27.8 Å². The zero-order chi connectivity index (χ0) is 13.5. The monoisotopic (exact) mass is 256 g/mol. The Labute approximate surface area is 99.0 Å². The highest BCUT2D eigenvalue weighted by molar-refractivity contribution is 5.75. The standard InChI is InChI=1S/C11H19F3O3/c1-3-5-6-7-8(4-2)17-10(16)9(15)11(12,13)14/h8-9,15H,3-7H2,1-2H3/t8?,9-/m0/s1. The summed E-state index contributed by atoms with van der Waals surface area (Å²) in [7, 11) is 0. The molecule has 1 unspecified atom stereocenters. The Morgan fingerprint density at radius 2 is 1.88 bits per heavy atom. The van der Waals surface area contributed by atoms with Crippen molar-refractivity contribution in [3.8, 4) is 0 Å². The smallest absolute Gasteiger partial charge is 0.425 e. The fraction of sp³-hybridized carbons (Fsp3) is 0.909. The molecule has 6 heteroatoms. The van der Waals surface area contributed by atoms with Crippen LogP contribution in [-0.2, 0) is 9.53 Å². The molecule has 17 heavy (non-hydrogen) atoms. The molecule has 2 atom stereocenters. The maximum absolute atomic E-state index is 12.0. The lowest BCUT2D eigenvalue weighted by atomic mass is 10.1. The van der Waals surface area contributed by atoms with Gasteiger partial charge in [0.15, 0.2) is 0 Å². The number of carbonyl (C=O) groups is 1. The van der Waals surface area contributed by atoms with Crippen LogP contribution in [0.15, 0.2) is 0 Å². The van der Waals surface area contributed by atoms with Crippen LogP contribution in [0.4, 0.5) is 13.2 Å².